The first-order valence-electron chi connectivity index (χ1n) is 5.15. The van der Waals surface area contributed by atoms with Crippen molar-refractivity contribution in [2.45, 2.75) is 40.0 Å². The molecule has 0 radical (unpaired) electrons. The van der Waals surface area contributed by atoms with E-state index in [2.05, 4.69) is 20.8 Å². The first-order valence-corrected chi connectivity index (χ1v) is 8.22. The molecular weight excluding hydrogens is 253 g/mol. The number of hydrogen-bond acceptors (Lipinski definition) is 1. The van der Waals surface area contributed by atoms with Gasteiger partial charge in [0.15, 0.2) is 0 Å². The highest BCUT2D eigenvalue weighted by atomic mass is 35.5. The summed E-state index contributed by atoms with van der Waals surface area (Å²) in [6.45, 7) is 6.92. The molecule has 0 rings (SSSR count). The molecule has 0 saturated carbocycles. The molecular formula is C9H24ClO3P2+. The minimum absolute atomic E-state index is 0. The Hall–Kier alpha value is 0.740. The average Bonchev–Trinajstić information content (AvgIpc) is 2.04. The Labute approximate surface area is 102 Å². The Morgan fingerprint density at radius 3 is 1.27 bits per heavy atom. The van der Waals surface area contributed by atoms with Crippen LogP contribution in [0.2, 0.25) is 0 Å². The van der Waals surface area contributed by atoms with Crippen molar-refractivity contribution in [3.8, 4) is 0 Å². The summed E-state index contributed by atoms with van der Waals surface area (Å²) < 4.78 is 8.70. The normalized spacial score (nSPS) is 8.93. The smallest absolute Gasteiger partial charge is 0.147 e. The molecule has 0 atom stereocenters. The third kappa shape index (κ3) is 25.2. The van der Waals surface area contributed by atoms with Gasteiger partial charge in [-0.05, 0) is 18.5 Å². The van der Waals surface area contributed by atoms with Crippen LogP contribution in [0.4, 0.5) is 0 Å². The largest absolute Gasteiger partial charge is 0.692 e. The van der Waals surface area contributed by atoms with Crippen LogP contribution in [0.25, 0.3) is 0 Å². The van der Waals surface area contributed by atoms with Gasteiger partial charge in [0.25, 0.3) is 0 Å². The Balaban J connectivity index is -0.000000249. The molecule has 0 aliphatic carbocycles. The van der Waals surface area contributed by atoms with Crippen LogP contribution in [-0.4, -0.2) is 28.3 Å². The molecule has 3 nitrogen and oxygen atoms in total. The Kier molecular flexibility index (Phi) is 24.1. The molecule has 94 valence electrons. The van der Waals surface area contributed by atoms with Crippen LogP contribution >= 0.6 is 28.6 Å². The van der Waals surface area contributed by atoms with E-state index >= 15 is 0 Å². The highest BCUT2D eigenvalue weighted by Crippen LogP contribution is 2.37. The second-order valence-corrected chi connectivity index (χ2v) is 6.28. The number of halogens is 1. The number of rotatable bonds is 6. The fourth-order valence-corrected chi connectivity index (χ4v) is 3.85. The Morgan fingerprint density at radius 1 is 0.933 bits per heavy atom. The van der Waals surface area contributed by atoms with Crippen LogP contribution in [0, 0.1) is 0 Å². The molecule has 2 N–H and O–H groups in total. The molecule has 6 heteroatoms. The predicted molar refractivity (Wildman–Crippen MR) is 71.7 cm³/mol. The molecule has 0 aliphatic heterocycles. The standard InChI is InChI=1S/C9H21P.ClH.HO3P/c1-4-7-10(8-5-2)9-6-3;;1-4(2)3/h4-9H2,1-3H3;1H;(H-,1,2,3)/p+1. The first-order chi connectivity index (χ1) is 6.58. The average molecular weight is 278 g/mol. The first kappa shape index (κ1) is 21.1. The van der Waals surface area contributed by atoms with Crippen molar-refractivity contribution < 1.29 is 14.4 Å². The third-order valence-corrected chi connectivity index (χ3v) is 4.86. The predicted octanol–water partition coefficient (Wildman–Crippen LogP) is 3.75. The summed E-state index contributed by atoms with van der Waals surface area (Å²) >= 11 is 0. The van der Waals surface area contributed by atoms with Crippen molar-refractivity contribution in [3.63, 3.8) is 0 Å². The van der Waals surface area contributed by atoms with E-state index in [1.165, 1.54) is 37.7 Å². The molecule has 0 spiro atoms. The maximum atomic E-state index is 8.70. The van der Waals surface area contributed by atoms with Crippen LogP contribution in [0.3, 0.4) is 0 Å². The summed E-state index contributed by atoms with van der Waals surface area (Å²) in [6.07, 6.45) is 8.72. The van der Waals surface area contributed by atoms with Crippen molar-refractivity contribution in [2.24, 2.45) is 0 Å². The quantitative estimate of drug-likeness (QED) is 0.727. The van der Waals surface area contributed by atoms with E-state index in [4.69, 9.17) is 14.4 Å². The van der Waals surface area contributed by atoms with Crippen LogP contribution in [-0.2, 0) is 4.57 Å². The van der Waals surface area contributed by atoms with E-state index in [9.17, 15) is 0 Å². The fraction of sp³-hybridized carbons (Fsp3) is 1.00. The summed E-state index contributed by atoms with van der Waals surface area (Å²) in [5.74, 6) is 0. The molecule has 0 amide bonds. The lowest BCUT2D eigenvalue weighted by molar-refractivity contribution is 0.405. The summed E-state index contributed by atoms with van der Waals surface area (Å²) in [5.41, 5.74) is 0. The molecule has 0 aliphatic rings. The van der Waals surface area contributed by atoms with Gasteiger partial charge < -0.3 is 0 Å². The van der Waals surface area contributed by atoms with Crippen molar-refractivity contribution in [2.75, 3.05) is 18.5 Å². The highest BCUT2D eigenvalue weighted by molar-refractivity contribution is 7.57. The minimum atomic E-state index is -2.87. The SMILES string of the molecule is CCCP(CCC)CCC.Cl.O=[P+](O)O. The molecule has 0 aromatic heterocycles. The zero-order chi connectivity index (χ0) is 11.4. The second kappa shape index (κ2) is 17.1. The van der Waals surface area contributed by atoms with Crippen LogP contribution in [0.15, 0.2) is 0 Å². The number of hydrogen-bond donors (Lipinski definition) is 2. The summed E-state index contributed by atoms with van der Waals surface area (Å²) in [5, 5.41) is 0. The van der Waals surface area contributed by atoms with Crippen molar-refractivity contribution in [1.29, 1.82) is 0 Å². The van der Waals surface area contributed by atoms with E-state index in [0.29, 0.717) is 7.92 Å². The van der Waals surface area contributed by atoms with Crippen LogP contribution in [0.1, 0.15) is 40.0 Å². The van der Waals surface area contributed by atoms with Gasteiger partial charge in [-0.1, -0.05) is 40.0 Å². The van der Waals surface area contributed by atoms with Gasteiger partial charge in [-0.25, -0.2) is 0 Å². The molecule has 0 heterocycles. The Morgan fingerprint density at radius 2 is 1.13 bits per heavy atom. The van der Waals surface area contributed by atoms with E-state index in [1.807, 2.05) is 0 Å². The molecule has 0 unspecified atom stereocenters. The zero-order valence-electron chi connectivity index (χ0n) is 9.85. The van der Waals surface area contributed by atoms with Gasteiger partial charge in [0.2, 0.25) is 0 Å². The van der Waals surface area contributed by atoms with E-state index in [1.54, 1.807) is 0 Å². The molecule has 0 fully saturated rings. The lowest BCUT2D eigenvalue weighted by Gasteiger charge is -2.13. The lowest BCUT2D eigenvalue weighted by atomic mass is 10.6. The van der Waals surface area contributed by atoms with Crippen molar-refractivity contribution in [1.82, 2.24) is 0 Å². The van der Waals surface area contributed by atoms with Gasteiger partial charge in [-0.2, -0.15) is 0 Å². The Bertz CT molecular complexity index is 118. The van der Waals surface area contributed by atoms with Gasteiger partial charge in [0.1, 0.15) is 0 Å². The van der Waals surface area contributed by atoms with Gasteiger partial charge >= 0.3 is 8.25 Å². The van der Waals surface area contributed by atoms with Gasteiger partial charge in [0, 0.05) is 4.57 Å². The van der Waals surface area contributed by atoms with Crippen molar-refractivity contribution in [3.05, 3.63) is 0 Å². The third-order valence-electron chi connectivity index (χ3n) is 1.62. The van der Waals surface area contributed by atoms with E-state index in [0.717, 1.165) is 0 Å². The van der Waals surface area contributed by atoms with Crippen LogP contribution < -0.4 is 0 Å². The molecule has 0 aromatic carbocycles. The molecule has 0 bridgehead atoms. The zero-order valence-corrected chi connectivity index (χ0v) is 12.5. The summed E-state index contributed by atoms with van der Waals surface area (Å²) in [4.78, 5) is 14.2. The lowest BCUT2D eigenvalue weighted by Crippen LogP contribution is -1.92. The highest BCUT2D eigenvalue weighted by Gasteiger charge is 2.02. The maximum Gasteiger partial charge on any atom is 0.692 e. The fourth-order valence-electron chi connectivity index (χ4n) is 1.28. The molecule has 15 heavy (non-hydrogen) atoms. The van der Waals surface area contributed by atoms with Crippen molar-refractivity contribution >= 4 is 28.6 Å². The van der Waals surface area contributed by atoms with Gasteiger partial charge in [-0.15, -0.1) is 30.1 Å². The van der Waals surface area contributed by atoms with E-state index in [-0.39, 0.29) is 12.4 Å². The minimum Gasteiger partial charge on any atom is -0.147 e. The second-order valence-electron chi connectivity index (χ2n) is 3.09. The molecule has 0 saturated heterocycles. The monoisotopic (exact) mass is 277 g/mol. The van der Waals surface area contributed by atoms with E-state index < -0.39 is 8.25 Å². The van der Waals surface area contributed by atoms with Crippen LogP contribution in [0.5, 0.6) is 0 Å². The maximum absolute atomic E-state index is 8.70. The summed E-state index contributed by atoms with van der Waals surface area (Å²) in [6, 6.07) is 0. The topological polar surface area (TPSA) is 57.5 Å². The summed E-state index contributed by atoms with van der Waals surface area (Å²) in [7, 11) is -2.43. The molecule has 0 aromatic rings. The van der Waals surface area contributed by atoms with Gasteiger partial charge in [-0.3, -0.25) is 0 Å². The van der Waals surface area contributed by atoms with Gasteiger partial charge in [0.05, 0.1) is 0 Å².